The van der Waals surface area contributed by atoms with E-state index in [2.05, 4.69) is 16.3 Å². The van der Waals surface area contributed by atoms with Crippen molar-refractivity contribution in [2.75, 3.05) is 11.9 Å². The highest BCUT2D eigenvalue weighted by Gasteiger charge is 2.11. The van der Waals surface area contributed by atoms with Crippen LogP contribution in [-0.2, 0) is 6.42 Å². The van der Waals surface area contributed by atoms with Gasteiger partial charge in [-0.2, -0.15) is 5.53 Å². The maximum absolute atomic E-state index is 11.6. The number of hydrogen-bond donors (Lipinski definition) is 4. The number of aryl methyl sites for hydroxylation is 1. The monoisotopic (exact) mass is 330 g/mol. The molecule has 0 radical (unpaired) electrons. The summed E-state index contributed by atoms with van der Waals surface area (Å²) in [6.07, 6.45) is 10.7. The van der Waals surface area contributed by atoms with Crippen LogP contribution >= 0.6 is 0 Å². The average Bonchev–Trinajstić information content (AvgIpc) is 2.56. The highest BCUT2D eigenvalue weighted by molar-refractivity contribution is 5.90. The van der Waals surface area contributed by atoms with Gasteiger partial charge in [0.05, 0.1) is 5.69 Å². The molecule has 0 aliphatic rings. The number of amides is 2. The van der Waals surface area contributed by atoms with Gasteiger partial charge >= 0.3 is 6.03 Å². The third kappa shape index (κ3) is 6.68. The Labute approximate surface area is 143 Å². The Morgan fingerprint density at radius 3 is 2.79 bits per heavy atom. The van der Waals surface area contributed by atoms with Crippen LogP contribution < -0.4 is 26.9 Å². The zero-order valence-corrected chi connectivity index (χ0v) is 14.4. The predicted molar refractivity (Wildman–Crippen MR) is 98.5 cm³/mol. The molecule has 0 aliphatic heterocycles. The molecule has 0 aliphatic carbocycles. The number of rotatable bonds is 8. The first-order valence-corrected chi connectivity index (χ1v) is 7.85. The zero-order valence-electron chi connectivity index (χ0n) is 14.4. The third-order valence-electron chi connectivity index (χ3n) is 3.21. The number of hydrogen-bond acceptors (Lipinski definition) is 4. The van der Waals surface area contributed by atoms with Gasteiger partial charge in [-0.15, -0.1) is 0 Å². The van der Waals surface area contributed by atoms with Crippen LogP contribution in [0.25, 0.3) is 0 Å². The number of benzene rings is 1. The van der Waals surface area contributed by atoms with E-state index in [-0.39, 0.29) is 0 Å². The second-order valence-corrected chi connectivity index (χ2v) is 5.01. The maximum atomic E-state index is 11.6. The largest absolute Gasteiger partial charge is 0.487 e. The van der Waals surface area contributed by atoms with Crippen molar-refractivity contribution in [1.82, 2.24) is 11.0 Å². The van der Waals surface area contributed by atoms with Crippen molar-refractivity contribution in [3.8, 4) is 5.75 Å². The lowest BCUT2D eigenvalue weighted by Gasteiger charge is -2.15. The van der Waals surface area contributed by atoms with E-state index in [0.717, 1.165) is 17.6 Å². The lowest BCUT2D eigenvalue weighted by Crippen LogP contribution is -2.44. The van der Waals surface area contributed by atoms with Gasteiger partial charge in [-0.05, 0) is 38.0 Å². The number of urea groups is 1. The van der Waals surface area contributed by atoms with E-state index in [9.17, 15) is 4.79 Å². The fourth-order valence-electron chi connectivity index (χ4n) is 1.99. The molecular weight excluding hydrogens is 304 g/mol. The second kappa shape index (κ2) is 11.0. The van der Waals surface area contributed by atoms with Crippen molar-refractivity contribution in [2.45, 2.75) is 27.2 Å². The van der Waals surface area contributed by atoms with Crippen molar-refractivity contribution in [1.29, 1.82) is 0 Å². The van der Waals surface area contributed by atoms with Gasteiger partial charge in [0.2, 0.25) is 0 Å². The number of anilines is 1. The van der Waals surface area contributed by atoms with E-state index in [0.29, 0.717) is 18.0 Å². The lowest BCUT2D eigenvalue weighted by atomic mass is 10.1. The summed E-state index contributed by atoms with van der Waals surface area (Å²) in [4.78, 5) is 11.6. The molecule has 0 saturated heterocycles. The Bertz CT molecular complexity index is 621. The number of carbonyl (C=O) groups excluding carboxylic acids is 1. The molecule has 0 bridgehead atoms. The van der Waals surface area contributed by atoms with E-state index >= 15 is 0 Å². The molecule has 0 unspecified atom stereocenters. The highest BCUT2D eigenvalue weighted by atomic mass is 16.5. The number of carbonyl (C=O) groups is 1. The molecule has 5 N–H and O–H groups in total. The van der Waals surface area contributed by atoms with E-state index < -0.39 is 6.03 Å². The molecule has 0 saturated carbocycles. The summed E-state index contributed by atoms with van der Waals surface area (Å²) in [7, 11) is 0. The first-order valence-electron chi connectivity index (χ1n) is 7.85. The number of allylic oxidation sites excluding steroid dienone is 5. The van der Waals surface area contributed by atoms with Gasteiger partial charge in [0.25, 0.3) is 0 Å². The molecule has 24 heavy (non-hydrogen) atoms. The van der Waals surface area contributed by atoms with Crippen LogP contribution in [0.3, 0.4) is 0 Å². The highest BCUT2D eigenvalue weighted by Crippen LogP contribution is 2.29. The van der Waals surface area contributed by atoms with Crippen molar-refractivity contribution in [3.05, 3.63) is 59.7 Å². The number of nitrogens with two attached hydrogens (primary N) is 1. The topological polar surface area (TPSA) is 88.4 Å². The molecule has 6 heteroatoms. The molecule has 1 aromatic carbocycles. The standard InChI is InChI=1S/C18H26N4O2/c1-4-6-7-9-14(3)12-13-24-17-15(5-2)10-8-11-16(17)20-18(23)21-22-19/h4,6-12,22H,5,13,19H2,1-3H3,(H2,20,21,23)/b6-4-,9-7-,14-12+. The summed E-state index contributed by atoms with van der Waals surface area (Å²) in [5.41, 5.74) is 7.06. The van der Waals surface area contributed by atoms with Gasteiger partial charge in [-0.1, -0.05) is 48.9 Å². The molecule has 0 atom stereocenters. The molecule has 1 aromatic rings. The van der Waals surface area contributed by atoms with Crippen LogP contribution in [0, 0.1) is 0 Å². The van der Waals surface area contributed by atoms with E-state index in [1.165, 1.54) is 0 Å². The fraction of sp³-hybridized carbons (Fsp3) is 0.278. The van der Waals surface area contributed by atoms with Gasteiger partial charge in [-0.25, -0.2) is 4.79 Å². The fourth-order valence-corrected chi connectivity index (χ4v) is 1.99. The molecule has 130 valence electrons. The van der Waals surface area contributed by atoms with Crippen molar-refractivity contribution in [2.24, 2.45) is 5.84 Å². The van der Waals surface area contributed by atoms with Crippen LogP contribution in [0.5, 0.6) is 5.75 Å². The second-order valence-electron chi connectivity index (χ2n) is 5.01. The van der Waals surface area contributed by atoms with E-state index in [1.807, 2.05) is 63.3 Å². The Hall–Kier alpha value is -2.57. The van der Waals surface area contributed by atoms with Crippen molar-refractivity contribution in [3.63, 3.8) is 0 Å². The number of nitrogens with one attached hydrogen (secondary N) is 3. The van der Waals surface area contributed by atoms with E-state index in [4.69, 9.17) is 10.6 Å². The minimum absolute atomic E-state index is 0.411. The SMILES string of the molecule is C\C=C/C=C\C(C)=C\COc1c(CC)cccc1NC(=O)NNN. The summed E-state index contributed by atoms with van der Waals surface area (Å²) in [6.45, 7) is 6.43. The van der Waals surface area contributed by atoms with Crippen molar-refractivity contribution >= 4 is 11.7 Å². The normalized spacial score (nSPS) is 11.9. The summed E-state index contributed by atoms with van der Waals surface area (Å²) in [6, 6.07) is 5.17. The van der Waals surface area contributed by atoms with Crippen LogP contribution in [0.15, 0.2) is 54.2 Å². The summed E-state index contributed by atoms with van der Waals surface area (Å²) in [5, 5.41) is 2.70. The summed E-state index contributed by atoms with van der Waals surface area (Å²) < 4.78 is 5.89. The first-order chi connectivity index (χ1) is 11.6. The average molecular weight is 330 g/mol. The molecule has 6 nitrogen and oxygen atoms in total. The lowest BCUT2D eigenvalue weighted by molar-refractivity contribution is 0.248. The van der Waals surface area contributed by atoms with Crippen LogP contribution in [-0.4, -0.2) is 12.6 Å². The molecule has 2 amide bonds. The van der Waals surface area contributed by atoms with Gasteiger partial charge in [-0.3, -0.25) is 11.3 Å². The van der Waals surface area contributed by atoms with Gasteiger partial charge in [0.15, 0.2) is 0 Å². The molecule has 0 heterocycles. The minimum Gasteiger partial charge on any atom is -0.487 e. The Balaban J connectivity index is 2.84. The molecule has 0 aromatic heterocycles. The van der Waals surface area contributed by atoms with Gasteiger partial charge in [0.1, 0.15) is 12.4 Å². The molecule has 0 fully saturated rings. The zero-order chi connectivity index (χ0) is 17.8. The Morgan fingerprint density at radius 2 is 2.12 bits per heavy atom. The number of hydrazine groups is 2. The maximum Gasteiger partial charge on any atom is 0.334 e. The minimum atomic E-state index is -0.461. The molecular formula is C18H26N4O2. The molecule has 0 spiro atoms. The summed E-state index contributed by atoms with van der Waals surface area (Å²) >= 11 is 0. The van der Waals surface area contributed by atoms with E-state index in [1.54, 1.807) is 6.07 Å². The van der Waals surface area contributed by atoms with Gasteiger partial charge < -0.3 is 10.1 Å². The molecule has 1 rings (SSSR count). The predicted octanol–water partition coefficient (Wildman–Crippen LogP) is 3.21. The summed E-state index contributed by atoms with van der Waals surface area (Å²) in [5.74, 6) is 5.73. The van der Waals surface area contributed by atoms with Crippen molar-refractivity contribution < 1.29 is 9.53 Å². The smallest absolute Gasteiger partial charge is 0.334 e. The van der Waals surface area contributed by atoms with Gasteiger partial charge in [0, 0.05) is 0 Å². The quantitative estimate of drug-likeness (QED) is 0.335. The Morgan fingerprint density at radius 1 is 1.33 bits per heavy atom. The van der Waals surface area contributed by atoms with Crippen LogP contribution in [0.2, 0.25) is 0 Å². The third-order valence-corrected chi connectivity index (χ3v) is 3.21. The Kier molecular flexibility index (Phi) is 8.96. The first kappa shape index (κ1) is 19.5. The number of ether oxygens (including phenoxy) is 1. The van der Waals surface area contributed by atoms with Crippen LogP contribution in [0.4, 0.5) is 10.5 Å². The number of para-hydroxylation sites is 1. The van der Waals surface area contributed by atoms with Crippen LogP contribution in [0.1, 0.15) is 26.3 Å².